The van der Waals surface area contributed by atoms with E-state index in [9.17, 15) is 0 Å². The number of nitrogens with one attached hydrogen (secondary N) is 2. The quantitative estimate of drug-likeness (QED) is 0.616. The van der Waals surface area contributed by atoms with Gasteiger partial charge in [-0.1, -0.05) is 30.3 Å². The summed E-state index contributed by atoms with van der Waals surface area (Å²) in [6, 6.07) is 10.5. The van der Waals surface area contributed by atoms with Crippen molar-refractivity contribution < 1.29 is 0 Å². The topological polar surface area (TPSA) is 43.9 Å². The fourth-order valence-corrected chi connectivity index (χ4v) is 1.20. The highest BCUT2D eigenvalue weighted by Gasteiger charge is 2.35. The Morgan fingerprint density at radius 1 is 1.18 bits per heavy atom. The van der Waals surface area contributed by atoms with Crippen LogP contribution in [-0.2, 0) is 6.42 Å². The van der Waals surface area contributed by atoms with Gasteiger partial charge in [-0.2, -0.15) is 0 Å². The molecule has 0 saturated carbocycles. The van der Waals surface area contributed by atoms with Gasteiger partial charge in [0, 0.05) is 6.42 Å². The summed E-state index contributed by atoms with van der Waals surface area (Å²) in [5, 5.41) is 0. The predicted octanol–water partition coefficient (Wildman–Crippen LogP) is 1.05. The van der Waals surface area contributed by atoms with Crippen molar-refractivity contribution in [1.82, 2.24) is 10.9 Å². The summed E-state index contributed by atoms with van der Waals surface area (Å²) < 4.78 is 0. The second kappa shape index (κ2) is 2.32. The second-order valence-electron chi connectivity index (χ2n) is 3.24. The molecule has 1 aromatic rings. The van der Waals surface area contributed by atoms with Crippen molar-refractivity contribution in [2.45, 2.75) is 19.0 Å². The van der Waals surface area contributed by atoms with Crippen LogP contribution in [0.3, 0.4) is 0 Å². The fraction of sp³-hybridized carbons (Fsp3) is 0.333. The standard InChI is InChI=1S/C9H12N2/c1-9(10-11-9)7-8-5-3-2-4-6-8/h2-6,10-11H,7H2,1H3. The molecule has 0 unspecified atom stereocenters. The van der Waals surface area contributed by atoms with Crippen molar-refractivity contribution in [3.05, 3.63) is 35.9 Å². The summed E-state index contributed by atoms with van der Waals surface area (Å²) in [4.78, 5) is 0. The van der Waals surface area contributed by atoms with Crippen molar-refractivity contribution in [3.63, 3.8) is 0 Å². The number of rotatable bonds is 2. The van der Waals surface area contributed by atoms with Crippen LogP contribution < -0.4 is 10.9 Å². The summed E-state index contributed by atoms with van der Waals surface area (Å²) in [5.41, 5.74) is 7.74. The van der Waals surface area contributed by atoms with E-state index in [0.717, 1.165) is 6.42 Å². The Balaban J connectivity index is 2.07. The normalized spacial score (nSPS) is 19.7. The van der Waals surface area contributed by atoms with Crippen molar-refractivity contribution >= 4 is 0 Å². The van der Waals surface area contributed by atoms with E-state index in [4.69, 9.17) is 0 Å². The summed E-state index contributed by atoms with van der Waals surface area (Å²) >= 11 is 0. The summed E-state index contributed by atoms with van der Waals surface area (Å²) in [7, 11) is 0. The average molecular weight is 148 g/mol. The van der Waals surface area contributed by atoms with E-state index in [1.165, 1.54) is 5.56 Å². The van der Waals surface area contributed by atoms with Gasteiger partial charge >= 0.3 is 0 Å². The van der Waals surface area contributed by atoms with E-state index in [0.29, 0.717) is 0 Å². The minimum Gasteiger partial charge on any atom is -0.235 e. The molecule has 0 atom stereocenters. The molecule has 0 aromatic heterocycles. The lowest BCUT2D eigenvalue weighted by Gasteiger charge is -2.03. The van der Waals surface area contributed by atoms with Crippen molar-refractivity contribution in [2.75, 3.05) is 0 Å². The number of hydrogen-bond acceptors (Lipinski definition) is 2. The lowest BCUT2D eigenvalue weighted by atomic mass is 10.1. The van der Waals surface area contributed by atoms with Crippen LogP contribution in [0.15, 0.2) is 30.3 Å². The molecule has 1 fully saturated rings. The molecule has 0 radical (unpaired) electrons. The van der Waals surface area contributed by atoms with Crippen LogP contribution in [0.25, 0.3) is 0 Å². The Kier molecular flexibility index (Phi) is 1.44. The molecule has 1 aliphatic rings. The molecule has 2 N–H and O–H groups in total. The van der Waals surface area contributed by atoms with Crippen LogP contribution in [0, 0.1) is 0 Å². The van der Waals surface area contributed by atoms with Gasteiger partial charge in [-0.25, -0.2) is 10.9 Å². The molecule has 1 aliphatic heterocycles. The third-order valence-corrected chi connectivity index (χ3v) is 1.95. The van der Waals surface area contributed by atoms with E-state index in [1.54, 1.807) is 0 Å². The highest BCUT2D eigenvalue weighted by Crippen LogP contribution is 2.15. The maximum absolute atomic E-state index is 3.11. The van der Waals surface area contributed by atoms with Gasteiger partial charge < -0.3 is 0 Å². The first-order valence-corrected chi connectivity index (χ1v) is 3.87. The van der Waals surface area contributed by atoms with Crippen LogP contribution >= 0.6 is 0 Å². The minimum absolute atomic E-state index is 0.154. The summed E-state index contributed by atoms with van der Waals surface area (Å²) in [5.74, 6) is 0. The van der Waals surface area contributed by atoms with Crippen LogP contribution in [0.5, 0.6) is 0 Å². The zero-order valence-electron chi connectivity index (χ0n) is 6.59. The Labute approximate surface area is 66.6 Å². The molecular weight excluding hydrogens is 136 g/mol. The van der Waals surface area contributed by atoms with Gasteiger partial charge in [0.15, 0.2) is 0 Å². The van der Waals surface area contributed by atoms with Crippen LogP contribution in [0.2, 0.25) is 0 Å². The van der Waals surface area contributed by atoms with E-state index in [2.05, 4.69) is 42.0 Å². The maximum atomic E-state index is 3.11. The molecule has 1 aromatic carbocycles. The molecule has 11 heavy (non-hydrogen) atoms. The third-order valence-electron chi connectivity index (χ3n) is 1.95. The molecular formula is C9H12N2. The minimum atomic E-state index is 0.154. The van der Waals surface area contributed by atoms with Gasteiger partial charge in [0.1, 0.15) is 0 Å². The first kappa shape index (κ1) is 6.83. The molecule has 1 saturated heterocycles. The molecule has 0 amide bonds. The molecule has 0 aliphatic carbocycles. The molecule has 1 heterocycles. The molecule has 58 valence electrons. The Morgan fingerprint density at radius 3 is 2.36 bits per heavy atom. The van der Waals surface area contributed by atoms with E-state index in [1.807, 2.05) is 6.07 Å². The van der Waals surface area contributed by atoms with Crippen molar-refractivity contribution in [3.8, 4) is 0 Å². The van der Waals surface area contributed by atoms with Gasteiger partial charge in [-0.05, 0) is 12.5 Å². The molecule has 0 bridgehead atoms. The molecule has 2 rings (SSSR count). The van der Waals surface area contributed by atoms with E-state index < -0.39 is 0 Å². The van der Waals surface area contributed by atoms with Gasteiger partial charge in [0.05, 0.1) is 5.66 Å². The molecule has 2 heteroatoms. The number of benzene rings is 1. The van der Waals surface area contributed by atoms with Gasteiger partial charge in [-0.15, -0.1) is 0 Å². The van der Waals surface area contributed by atoms with E-state index >= 15 is 0 Å². The smallest absolute Gasteiger partial charge is 0.0955 e. The van der Waals surface area contributed by atoms with Crippen LogP contribution in [-0.4, -0.2) is 5.66 Å². The first-order valence-electron chi connectivity index (χ1n) is 3.87. The van der Waals surface area contributed by atoms with Crippen molar-refractivity contribution in [1.29, 1.82) is 0 Å². The summed E-state index contributed by atoms with van der Waals surface area (Å²) in [6.45, 7) is 2.15. The second-order valence-corrected chi connectivity index (χ2v) is 3.24. The number of hydrazine groups is 1. The number of hydrogen-bond donors (Lipinski definition) is 2. The predicted molar refractivity (Wildman–Crippen MR) is 44.8 cm³/mol. The van der Waals surface area contributed by atoms with Gasteiger partial charge in [0.25, 0.3) is 0 Å². The Morgan fingerprint density at radius 2 is 1.82 bits per heavy atom. The monoisotopic (exact) mass is 148 g/mol. The maximum Gasteiger partial charge on any atom is 0.0955 e. The fourth-order valence-electron chi connectivity index (χ4n) is 1.20. The van der Waals surface area contributed by atoms with Crippen molar-refractivity contribution in [2.24, 2.45) is 0 Å². The van der Waals surface area contributed by atoms with Crippen LogP contribution in [0.4, 0.5) is 0 Å². The lowest BCUT2D eigenvalue weighted by molar-refractivity contribution is 0.667. The zero-order valence-corrected chi connectivity index (χ0v) is 6.59. The highest BCUT2D eigenvalue weighted by atomic mass is 15.7. The lowest BCUT2D eigenvalue weighted by Crippen LogP contribution is -2.14. The molecule has 0 spiro atoms. The van der Waals surface area contributed by atoms with E-state index in [-0.39, 0.29) is 5.66 Å². The van der Waals surface area contributed by atoms with Gasteiger partial charge in [0.2, 0.25) is 0 Å². The molecule has 2 nitrogen and oxygen atoms in total. The first-order chi connectivity index (χ1) is 5.29. The highest BCUT2D eigenvalue weighted by molar-refractivity contribution is 5.18. The Bertz CT molecular complexity index is 239. The summed E-state index contributed by atoms with van der Waals surface area (Å²) in [6.07, 6.45) is 1.05. The third kappa shape index (κ3) is 1.59. The Hall–Kier alpha value is -0.860. The largest absolute Gasteiger partial charge is 0.235 e. The average Bonchev–Trinajstić information content (AvgIpc) is 2.70. The zero-order chi connectivity index (χ0) is 7.73. The SMILES string of the molecule is CC1(Cc2ccccc2)NN1. The van der Waals surface area contributed by atoms with Gasteiger partial charge in [-0.3, -0.25) is 0 Å². The van der Waals surface area contributed by atoms with Crippen LogP contribution in [0.1, 0.15) is 12.5 Å².